The largest absolute Gasteiger partial charge is 0.354 e. The van der Waals surface area contributed by atoms with E-state index in [9.17, 15) is 4.79 Å². The molecule has 1 amide bonds. The average molecular weight is 276 g/mol. The predicted octanol–water partition coefficient (Wildman–Crippen LogP) is 3.12. The molecule has 0 fully saturated rings. The third-order valence-electron chi connectivity index (χ3n) is 4.26. The summed E-state index contributed by atoms with van der Waals surface area (Å²) in [5, 5.41) is 2.98. The molecule has 1 unspecified atom stereocenters. The molecule has 1 rings (SSSR count). The molecule has 0 saturated carbocycles. The number of carbonyl (C=O) groups is 1. The Morgan fingerprint density at radius 1 is 1.30 bits per heavy atom. The lowest BCUT2D eigenvalue weighted by Crippen LogP contribution is -2.49. The van der Waals surface area contributed by atoms with E-state index in [1.165, 1.54) is 11.1 Å². The van der Waals surface area contributed by atoms with Gasteiger partial charge in [-0.15, -0.1) is 0 Å². The van der Waals surface area contributed by atoms with Crippen LogP contribution in [0, 0.1) is 6.92 Å². The quantitative estimate of drug-likeness (QED) is 0.804. The molecule has 0 aliphatic carbocycles. The normalized spacial score (nSPS) is 13.1. The van der Waals surface area contributed by atoms with Crippen LogP contribution >= 0.6 is 0 Å². The average Bonchev–Trinajstić information content (AvgIpc) is 2.45. The summed E-state index contributed by atoms with van der Waals surface area (Å²) < 4.78 is 0. The second-order valence-corrected chi connectivity index (χ2v) is 5.81. The van der Waals surface area contributed by atoms with E-state index in [1.807, 2.05) is 12.1 Å². The minimum Gasteiger partial charge on any atom is -0.354 e. The van der Waals surface area contributed by atoms with Crippen molar-refractivity contribution < 1.29 is 4.79 Å². The summed E-state index contributed by atoms with van der Waals surface area (Å²) in [6.07, 6.45) is 2.25. The van der Waals surface area contributed by atoms with Gasteiger partial charge in [0.05, 0.1) is 0 Å². The number of rotatable bonds is 7. The first kappa shape index (κ1) is 16.7. The van der Waals surface area contributed by atoms with Gasteiger partial charge in [-0.25, -0.2) is 0 Å². The van der Waals surface area contributed by atoms with Crippen molar-refractivity contribution in [2.75, 3.05) is 6.54 Å². The van der Waals surface area contributed by atoms with Crippen molar-refractivity contribution in [2.45, 2.75) is 58.4 Å². The van der Waals surface area contributed by atoms with Crippen LogP contribution in [-0.4, -0.2) is 18.0 Å². The maximum absolute atomic E-state index is 12.0. The molecule has 3 heteroatoms. The van der Waals surface area contributed by atoms with Crippen LogP contribution in [-0.2, 0) is 4.79 Å². The maximum atomic E-state index is 12.0. The zero-order valence-electron chi connectivity index (χ0n) is 13.2. The third kappa shape index (κ3) is 4.64. The van der Waals surface area contributed by atoms with E-state index in [-0.39, 0.29) is 17.4 Å². The zero-order valence-corrected chi connectivity index (χ0v) is 13.2. The first-order valence-electron chi connectivity index (χ1n) is 7.53. The van der Waals surface area contributed by atoms with E-state index >= 15 is 0 Å². The molecule has 3 N–H and O–H groups in total. The van der Waals surface area contributed by atoms with E-state index < -0.39 is 0 Å². The summed E-state index contributed by atoms with van der Waals surface area (Å²) in [6, 6.07) is 8.23. The lowest BCUT2D eigenvalue weighted by molar-refractivity contribution is -0.121. The van der Waals surface area contributed by atoms with Gasteiger partial charge in [0.25, 0.3) is 0 Å². The smallest absolute Gasteiger partial charge is 0.220 e. The molecule has 0 saturated heterocycles. The van der Waals surface area contributed by atoms with Crippen LogP contribution in [0.4, 0.5) is 0 Å². The van der Waals surface area contributed by atoms with Gasteiger partial charge in [-0.2, -0.15) is 0 Å². The van der Waals surface area contributed by atoms with Gasteiger partial charge < -0.3 is 11.1 Å². The van der Waals surface area contributed by atoms with Gasteiger partial charge in [0.2, 0.25) is 5.91 Å². The summed E-state index contributed by atoms with van der Waals surface area (Å²) in [4.78, 5) is 12.0. The number of benzene rings is 1. The van der Waals surface area contributed by atoms with Gasteiger partial charge in [-0.1, -0.05) is 45.0 Å². The van der Waals surface area contributed by atoms with Crippen molar-refractivity contribution in [1.29, 1.82) is 0 Å². The predicted molar refractivity (Wildman–Crippen MR) is 84.7 cm³/mol. The number of carbonyl (C=O) groups excluding carboxylic acids is 1. The fourth-order valence-electron chi connectivity index (χ4n) is 2.37. The Kier molecular flexibility index (Phi) is 6.21. The molecule has 112 valence electrons. The van der Waals surface area contributed by atoms with Gasteiger partial charge in [0.1, 0.15) is 0 Å². The fourth-order valence-corrected chi connectivity index (χ4v) is 2.37. The van der Waals surface area contributed by atoms with Crippen LogP contribution in [0.25, 0.3) is 0 Å². The van der Waals surface area contributed by atoms with Gasteiger partial charge in [0.15, 0.2) is 0 Å². The van der Waals surface area contributed by atoms with Crippen LogP contribution < -0.4 is 11.1 Å². The highest BCUT2D eigenvalue weighted by atomic mass is 16.1. The van der Waals surface area contributed by atoms with E-state index in [2.05, 4.69) is 45.1 Å². The maximum Gasteiger partial charge on any atom is 0.220 e. The van der Waals surface area contributed by atoms with Gasteiger partial charge in [0, 0.05) is 18.5 Å². The Morgan fingerprint density at radius 2 is 1.90 bits per heavy atom. The number of amides is 1. The molecule has 1 aromatic rings. The van der Waals surface area contributed by atoms with Crippen LogP contribution in [0.1, 0.15) is 57.1 Å². The Balaban J connectivity index is 2.53. The minimum absolute atomic E-state index is 0.0810. The van der Waals surface area contributed by atoms with Crippen LogP contribution in [0.15, 0.2) is 24.3 Å². The van der Waals surface area contributed by atoms with Crippen molar-refractivity contribution in [3.63, 3.8) is 0 Å². The summed E-state index contributed by atoms with van der Waals surface area (Å²) in [5.74, 6) is 0.309. The third-order valence-corrected chi connectivity index (χ3v) is 4.26. The Labute approximate surface area is 122 Å². The van der Waals surface area contributed by atoms with E-state index in [4.69, 9.17) is 5.73 Å². The highest BCUT2D eigenvalue weighted by molar-refractivity contribution is 5.77. The Morgan fingerprint density at radius 3 is 2.45 bits per heavy atom. The molecule has 0 heterocycles. The second kappa shape index (κ2) is 7.44. The van der Waals surface area contributed by atoms with Crippen LogP contribution in [0.5, 0.6) is 0 Å². The van der Waals surface area contributed by atoms with Crippen molar-refractivity contribution in [1.82, 2.24) is 5.32 Å². The molecular weight excluding hydrogens is 248 g/mol. The topological polar surface area (TPSA) is 55.1 Å². The minimum atomic E-state index is -0.276. The molecule has 0 aliphatic heterocycles. The number of nitrogens with two attached hydrogens (primary N) is 1. The van der Waals surface area contributed by atoms with Gasteiger partial charge in [-0.3, -0.25) is 4.79 Å². The van der Waals surface area contributed by atoms with E-state index in [0.717, 1.165) is 12.8 Å². The first-order chi connectivity index (χ1) is 9.41. The SMILES string of the molecule is CCC(N)(CC)CNC(=O)CC(C)c1ccccc1C. The Hall–Kier alpha value is -1.35. The number of hydrogen-bond donors (Lipinski definition) is 2. The van der Waals surface area contributed by atoms with Crippen molar-refractivity contribution in [3.05, 3.63) is 35.4 Å². The zero-order chi connectivity index (χ0) is 15.2. The second-order valence-electron chi connectivity index (χ2n) is 5.81. The van der Waals surface area contributed by atoms with Crippen LogP contribution in [0.2, 0.25) is 0 Å². The molecule has 0 aliphatic rings. The molecule has 20 heavy (non-hydrogen) atoms. The Bertz CT molecular complexity index is 438. The van der Waals surface area contributed by atoms with E-state index in [0.29, 0.717) is 13.0 Å². The summed E-state index contributed by atoms with van der Waals surface area (Å²) in [5.41, 5.74) is 8.40. The fraction of sp³-hybridized carbons (Fsp3) is 0.588. The molecule has 1 atom stereocenters. The van der Waals surface area contributed by atoms with Gasteiger partial charge in [-0.05, 0) is 36.8 Å². The monoisotopic (exact) mass is 276 g/mol. The standard InChI is InChI=1S/C17H28N2O/c1-5-17(18,6-2)12-19-16(20)11-14(4)15-10-8-7-9-13(15)3/h7-10,14H,5-6,11-12,18H2,1-4H3,(H,19,20). The highest BCUT2D eigenvalue weighted by Gasteiger charge is 2.21. The summed E-state index contributed by atoms with van der Waals surface area (Å²) >= 11 is 0. The molecule has 3 nitrogen and oxygen atoms in total. The lowest BCUT2D eigenvalue weighted by Gasteiger charge is -2.27. The molecule has 1 aromatic carbocycles. The van der Waals surface area contributed by atoms with Gasteiger partial charge >= 0.3 is 0 Å². The first-order valence-corrected chi connectivity index (χ1v) is 7.53. The molecule has 0 aromatic heterocycles. The lowest BCUT2D eigenvalue weighted by atomic mass is 9.92. The highest BCUT2D eigenvalue weighted by Crippen LogP contribution is 2.22. The number of aryl methyl sites for hydroxylation is 1. The molecule has 0 spiro atoms. The molecule has 0 radical (unpaired) electrons. The van der Waals surface area contributed by atoms with Crippen molar-refractivity contribution >= 4 is 5.91 Å². The number of hydrogen-bond acceptors (Lipinski definition) is 2. The van der Waals surface area contributed by atoms with E-state index in [1.54, 1.807) is 0 Å². The summed E-state index contributed by atoms with van der Waals surface area (Å²) in [7, 11) is 0. The van der Waals surface area contributed by atoms with Crippen molar-refractivity contribution in [3.8, 4) is 0 Å². The molecular formula is C17H28N2O. The van der Waals surface area contributed by atoms with Crippen LogP contribution in [0.3, 0.4) is 0 Å². The summed E-state index contributed by atoms with van der Waals surface area (Å²) in [6.45, 7) is 8.86. The number of nitrogens with one attached hydrogen (secondary N) is 1. The molecule has 0 bridgehead atoms. The van der Waals surface area contributed by atoms with Crippen molar-refractivity contribution in [2.24, 2.45) is 5.73 Å².